The van der Waals surface area contributed by atoms with E-state index in [0.717, 1.165) is 57.5 Å². The van der Waals surface area contributed by atoms with Gasteiger partial charge in [0, 0.05) is 52.5 Å². The summed E-state index contributed by atoms with van der Waals surface area (Å²) in [6.45, 7) is 9.71. The van der Waals surface area contributed by atoms with E-state index in [9.17, 15) is 0 Å². The molecular formula is C22H40IN7. The van der Waals surface area contributed by atoms with Crippen LogP contribution in [-0.2, 0) is 6.54 Å². The molecule has 0 radical (unpaired) electrons. The van der Waals surface area contributed by atoms with Gasteiger partial charge < -0.3 is 25.3 Å². The summed E-state index contributed by atoms with van der Waals surface area (Å²) in [6, 6.07) is 4.28. The van der Waals surface area contributed by atoms with Crippen LogP contribution in [0.25, 0.3) is 0 Å². The highest BCUT2D eigenvalue weighted by Crippen LogP contribution is 2.14. The molecular weight excluding hydrogens is 489 g/mol. The van der Waals surface area contributed by atoms with Crippen LogP contribution in [0, 0.1) is 0 Å². The van der Waals surface area contributed by atoms with Gasteiger partial charge in [-0.15, -0.1) is 24.0 Å². The Labute approximate surface area is 199 Å². The number of halogens is 1. The number of aliphatic imine (C=N–C) groups is 1. The highest BCUT2D eigenvalue weighted by atomic mass is 127. The number of likely N-dealkylation sites (N-methyl/N-ethyl adjacent to an activating group) is 1. The average Bonchev–Trinajstić information content (AvgIpc) is 3.03. The Balaban J connectivity index is 0.00000320. The molecule has 0 spiro atoms. The first kappa shape index (κ1) is 25.1. The second kappa shape index (κ2) is 14.0. The van der Waals surface area contributed by atoms with Crippen molar-refractivity contribution in [3.05, 3.63) is 23.9 Å². The normalized spacial score (nSPS) is 19.1. The van der Waals surface area contributed by atoms with Gasteiger partial charge in [-0.1, -0.05) is 12.8 Å². The molecule has 1 aromatic heterocycles. The largest absolute Gasteiger partial charge is 0.356 e. The fourth-order valence-corrected chi connectivity index (χ4v) is 4.05. The van der Waals surface area contributed by atoms with Crippen molar-refractivity contribution in [3.8, 4) is 0 Å². The highest BCUT2D eigenvalue weighted by molar-refractivity contribution is 14.0. The number of hydrogen-bond donors (Lipinski definition) is 2. The Bertz CT molecular complexity index is 624. The first-order valence-electron chi connectivity index (χ1n) is 11.3. The predicted octanol–water partition coefficient (Wildman–Crippen LogP) is 2.38. The minimum atomic E-state index is 0. The van der Waals surface area contributed by atoms with Crippen LogP contribution in [0.2, 0.25) is 0 Å². The van der Waals surface area contributed by atoms with E-state index in [1.165, 1.54) is 50.9 Å². The van der Waals surface area contributed by atoms with E-state index in [4.69, 9.17) is 0 Å². The first-order valence-corrected chi connectivity index (χ1v) is 11.3. The molecule has 0 saturated carbocycles. The van der Waals surface area contributed by atoms with Crippen molar-refractivity contribution in [1.82, 2.24) is 25.4 Å². The number of nitrogens with zero attached hydrogens (tertiary/aromatic N) is 5. The van der Waals surface area contributed by atoms with Gasteiger partial charge in [-0.25, -0.2) is 4.98 Å². The number of nitrogens with one attached hydrogen (secondary N) is 2. The Morgan fingerprint density at radius 1 is 1.03 bits per heavy atom. The molecule has 2 saturated heterocycles. The van der Waals surface area contributed by atoms with E-state index < -0.39 is 0 Å². The smallest absolute Gasteiger partial charge is 0.191 e. The van der Waals surface area contributed by atoms with Gasteiger partial charge in [-0.3, -0.25) is 4.99 Å². The molecule has 0 unspecified atom stereocenters. The maximum Gasteiger partial charge on any atom is 0.191 e. The van der Waals surface area contributed by atoms with E-state index in [1.807, 2.05) is 13.2 Å². The fourth-order valence-electron chi connectivity index (χ4n) is 4.05. The summed E-state index contributed by atoms with van der Waals surface area (Å²) >= 11 is 0. The van der Waals surface area contributed by atoms with E-state index in [2.05, 4.69) is 54.5 Å². The molecule has 3 heterocycles. The fraction of sp³-hybridized carbons (Fsp3) is 0.727. The topological polar surface area (TPSA) is 59.0 Å². The quantitative estimate of drug-likeness (QED) is 0.245. The minimum absolute atomic E-state index is 0. The lowest BCUT2D eigenvalue weighted by Gasteiger charge is -2.33. The van der Waals surface area contributed by atoms with Gasteiger partial charge in [0.05, 0.1) is 0 Å². The van der Waals surface area contributed by atoms with Gasteiger partial charge in [0.2, 0.25) is 0 Å². The van der Waals surface area contributed by atoms with E-state index in [-0.39, 0.29) is 24.0 Å². The summed E-state index contributed by atoms with van der Waals surface area (Å²) < 4.78 is 0. The molecule has 2 aliphatic rings. The molecule has 3 rings (SSSR count). The number of piperazine rings is 1. The third-order valence-corrected chi connectivity index (χ3v) is 5.96. The van der Waals surface area contributed by atoms with Crippen molar-refractivity contribution < 1.29 is 0 Å². The monoisotopic (exact) mass is 529 g/mol. The van der Waals surface area contributed by atoms with Gasteiger partial charge >= 0.3 is 0 Å². The number of likely N-dealkylation sites (tertiary alicyclic amines) is 1. The lowest BCUT2D eigenvalue weighted by molar-refractivity contribution is 0.282. The van der Waals surface area contributed by atoms with Crippen molar-refractivity contribution in [2.24, 2.45) is 4.99 Å². The summed E-state index contributed by atoms with van der Waals surface area (Å²) in [5.41, 5.74) is 1.24. The third-order valence-electron chi connectivity index (χ3n) is 5.96. The Morgan fingerprint density at radius 2 is 1.77 bits per heavy atom. The number of anilines is 1. The van der Waals surface area contributed by atoms with Crippen LogP contribution in [0.5, 0.6) is 0 Å². The number of guanidine groups is 1. The van der Waals surface area contributed by atoms with E-state index in [0.29, 0.717) is 0 Å². The Kier molecular flexibility index (Phi) is 11.8. The van der Waals surface area contributed by atoms with Crippen LogP contribution >= 0.6 is 24.0 Å². The molecule has 0 bridgehead atoms. The van der Waals surface area contributed by atoms with Crippen molar-refractivity contribution in [1.29, 1.82) is 0 Å². The lowest BCUT2D eigenvalue weighted by Crippen LogP contribution is -2.44. The van der Waals surface area contributed by atoms with Gasteiger partial charge in [0.15, 0.2) is 5.96 Å². The van der Waals surface area contributed by atoms with Crippen LogP contribution in [0.3, 0.4) is 0 Å². The van der Waals surface area contributed by atoms with Gasteiger partial charge in [0.25, 0.3) is 0 Å². The van der Waals surface area contributed by atoms with Crippen LogP contribution in [0.1, 0.15) is 37.7 Å². The molecule has 0 atom stereocenters. The average molecular weight is 530 g/mol. The SMILES string of the molecule is CN=C(NCCCN1CCCCCC1)NCc1ccnc(N2CCN(C)CC2)c1.I. The maximum atomic E-state index is 4.58. The zero-order valence-electron chi connectivity index (χ0n) is 18.8. The molecule has 0 aliphatic carbocycles. The number of rotatable bonds is 7. The summed E-state index contributed by atoms with van der Waals surface area (Å²) in [6.07, 6.45) is 8.59. The summed E-state index contributed by atoms with van der Waals surface area (Å²) in [4.78, 5) is 16.3. The zero-order chi connectivity index (χ0) is 20.3. The van der Waals surface area contributed by atoms with E-state index >= 15 is 0 Å². The van der Waals surface area contributed by atoms with Crippen LogP contribution in [0.15, 0.2) is 23.3 Å². The second-order valence-corrected chi connectivity index (χ2v) is 8.27. The molecule has 7 nitrogen and oxygen atoms in total. The number of hydrogen-bond acceptors (Lipinski definition) is 5. The molecule has 30 heavy (non-hydrogen) atoms. The van der Waals surface area contributed by atoms with Crippen molar-refractivity contribution >= 4 is 35.8 Å². The van der Waals surface area contributed by atoms with Crippen LogP contribution in [0.4, 0.5) is 5.82 Å². The van der Waals surface area contributed by atoms with Crippen molar-refractivity contribution in [3.63, 3.8) is 0 Å². The lowest BCUT2D eigenvalue weighted by atomic mass is 10.2. The minimum Gasteiger partial charge on any atom is -0.356 e. The van der Waals surface area contributed by atoms with E-state index in [1.54, 1.807) is 0 Å². The summed E-state index contributed by atoms with van der Waals surface area (Å²) in [5.74, 6) is 1.96. The van der Waals surface area contributed by atoms with Crippen molar-refractivity contribution in [2.45, 2.75) is 38.6 Å². The first-order chi connectivity index (χ1) is 14.2. The molecule has 2 N–H and O–H groups in total. The Morgan fingerprint density at radius 3 is 2.47 bits per heavy atom. The van der Waals surface area contributed by atoms with Gasteiger partial charge in [-0.05, 0) is 63.6 Å². The van der Waals surface area contributed by atoms with Gasteiger partial charge in [0.1, 0.15) is 5.82 Å². The van der Waals surface area contributed by atoms with Gasteiger partial charge in [-0.2, -0.15) is 0 Å². The molecule has 2 fully saturated rings. The molecule has 1 aromatic rings. The molecule has 2 aliphatic heterocycles. The summed E-state index contributed by atoms with van der Waals surface area (Å²) in [5, 5.41) is 6.90. The van der Waals surface area contributed by atoms with Crippen molar-refractivity contribution in [2.75, 3.05) is 71.4 Å². The standard InChI is InChI=1S/C22H39N7.HI/c1-23-22(25-9-7-13-28-11-5-3-4-6-12-28)26-19-20-8-10-24-21(18-20)29-16-14-27(2)15-17-29;/h8,10,18H,3-7,9,11-17,19H2,1-2H3,(H2,23,25,26);1H. The third kappa shape index (κ3) is 8.55. The molecule has 0 aromatic carbocycles. The number of aromatic nitrogens is 1. The second-order valence-electron chi connectivity index (χ2n) is 8.27. The Hall–Kier alpha value is -1.13. The van der Waals surface area contributed by atoms with Crippen LogP contribution < -0.4 is 15.5 Å². The number of pyridine rings is 1. The maximum absolute atomic E-state index is 4.58. The highest BCUT2D eigenvalue weighted by Gasteiger charge is 2.15. The van der Waals surface area contributed by atoms with Crippen LogP contribution in [-0.4, -0.2) is 87.2 Å². The molecule has 0 amide bonds. The molecule has 8 heteroatoms. The predicted molar refractivity (Wildman–Crippen MR) is 137 cm³/mol. The zero-order valence-corrected chi connectivity index (χ0v) is 21.1. The molecule has 170 valence electrons. The summed E-state index contributed by atoms with van der Waals surface area (Å²) in [7, 11) is 4.02.